The van der Waals surface area contributed by atoms with Crippen molar-refractivity contribution >= 4 is 17.3 Å². The first-order chi connectivity index (χ1) is 12.7. The number of rotatable bonds is 9. The van der Waals surface area contributed by atoms with Gasteiger partial charge in [-0.15, -0.1) is 11.3 Å². The minimum atomic E-state index is 0.573. The molecule has 26 heavy (non-hydrogen) atoms. The molecule has 0 saturated carbocycles. The van der Waals surface area contributed by atoms with Crippen LogP contribution in [0.2, 0.25) is 0 Å². The van der Waals surface area contributed by atoms with Crippen LogP contribution in [0.4, 0.5) is 0 Å². The van der Waals surface area contributed by atoms with Crippen LogP contribution in [-0.2, 0) is 13.0 Å². The summed E-state index contributed by atoms with van der Waals surface area (Å²) in [6, 6.07) is 7.60. The van der Waals surface area contributed by atoms with E-state index in [1.807, 2.05) is 31.3 Å². The average molecular weight is 377 g/mol. The van der Waals surface area contributed by atoms with Crippen LogP contribution in [0.25, 0.3) is 0 Å². The first-order valence-corrected chi connectivity index (χ1v) is 9.73. The molecule has 0 saturated heterocycles. The van der Waals surface area contributed by atoms with Crippen LogP contribution in [0.1, 0.15) is 24.5 Å². The highest BCUT2D eigenvalue weighted by molar-refractivity contribution is 7.09. The van der Waals surface area contributed by atoms with Crippen molar-refractivity contribution in [2.24, 2.45) is 4.99 Å². The van der Waals surface area contributed by atoms with Gasteiger partial charge in [-0.2, -0.15) is 0 Å². The summed E-state index contributed by atoms with van der Waals surface area (Å²) in [6.07, 6.45) is 0.969. The molecule has 0 spiro atoms. The molecule has 1 heterocycles. The summed E-state index contributed by atoms with van der Waals surface area (Å²) < 4.78 is 10.9. The van der Waals surface area contributed by atoms with E-state index in [-0.39, 0.29) is 0 Å². The highest BCUT2D eigenvalue weighted by Gasteiger charge is 2.07. The molecule has 0 aliphatic rings. The number of thiazole rings is 1. The van der Waals surface area contributed by atoms with Gasteiger partial charge in [-0.05, 0) is 37.6 Å². The Morgan fingerprint density at radius 2 is 1.96 bits per heavy atom. The molecule has 0 amide bonds. The Kier molecular flexibility index (Phi) is 8.21. The Labute approximate surface area is 159 Å². The molecule has 0 aliphatic heterocycles. The summed E-state index contributed by atoms with van der Waals surface area (Å²) in [7, 11) is 3.67. The summed E-state index contributed by atoms with van der Waals surface area (Å²) in [5.41, 5.74) is 1.02. The van der Waals surface area contributed by atoms with Gasteiger partial charge in [-0.25, -0.2) is 9.98 Å². The highest BCUT2D eigenvalue weighted by atomic mass is 32.1. The van der Waals surface area contributed by atoms with E-state index in [0.717, 1.165) is 47.7 Å². The lowest BCUT2D eigenvalue weighted by Gasteiger charge is -2.22. The van der Waals surface area contributed by atoms with Crippen LogP contribution < -0.4 is 14.8 Å². The number of aromatic nitrogens is 1. The topological polar surface area (TPSA) is 59.0 Å². The number of ether oxygens (including phenoxy) is 2. The van der Waals surface area contributed by atoms with Gasteiger partial charge in [-0.1, -0.05) is 6.92 Å². The number of benzene rings is 1. The standard InChI is InChI=1S/C19H28N4O2S/c1-5-18-22-15(14-26-18)13-21-19(20-6-2)23(3)11-12-25-17-9-7-16(24-4)8-10-17/h7-10,14H,5-6,11-13H2,1-4H3,(H,20,21). The zero-order valence-corrected chi connectivity index (χ0v) is 16.8. The smallest absolute Gasteiger partial charge is 0.194 e. The fourth-order valence-corrected chi connectivity index (χ4v) is 3.02. The van der Waals surface area contributed by atoms with Gasteiger partial charge in [0.05, 0.1) is 30.9 Å². The number of nitrogens with zero attached hydrogens (tertiary/aromatic N) is 3. The van der Waals surface area contributed by atoms with Gasteiger partial charge in [0.2, 0.25) is 0 Å². The Morgan fingerprint density at radius 1 is 1.23 bits per heavy atom. The molecule has 1 aromatic carbocycles. The third-order valence-corrected chi connectivity index (χ3v) is 4.79. The van der Waals surface area contributed by atoms with Crippen molar-refractivity contribution in [3.8, 4) is 11.5 Å². The summed E-state index contributed by atoms with van der Waals surface area (Å²) in [6.45, 7) is 6.89. The predicted octanol–water partition coefficient (Wildman–Crippen LogP) is 3.19. The normalized spacial score (nSPS) is 11.3. The van der Waals surface area contributed by atoms with Crippen molar-refractivity contribution in [1.82, 2.24) is 15.2 Å². The predicted molar refractivity (Wildman–Crippen MR) is 107 cm³/mol. The number of hydrogen-bond donors (Lipinski definition) is 1. The maximum Gasteiger partial charge on any atom is 0.194 e. The zero-order chi connectivity index (χ0) is 18.8. The van der Waals surface area contributed by atoms with Crippen LogP contribution in [0.15, 0.2) is 34.6 Å². The van der Waals surface area contributed by atoms with Crippen LogP contribution in [-0.4, -0.2) is 49.7 Å². The fourth-order valence-electron chi connectivity index (χ4n) is 2.29. The van der Waals surface area contributed by atoms with Gasteiger partial charge in [-0.3, -0.25) is 0 Å². The largest absolute Gasteiger partial charge is 0.497 e. The highest BCUT2D eigenvalue weighted by Crippen LogP contribution is 2.16. The van der Waals surface area contributed by atoms with E-state index in [9.17, 15) is 0 Å². The van der Waals surface area contributed by atoms with Crippen molar-refractivity contribution < 1.29 is 9.47 Å². The molecule has 142 valence electrons. The number of nitrogens with one attached hydrogen (secondary N) is 1. The number of likely N-dealkylation sites (N-methyl/N-ethyl adjacent to an activating group) is 1. The lowest BCUT2D eigenvalue weighted by atomic mass is 10.3. The first kappa shape index (κ1) is 20.0. The van der Waals surface area contributed by atoms with E-state index < -0.39 is 0 Å². The molecule has 0 fully saturated rings. The third-order valence-electron chi connectivity index (χ3n) is 3.74. The molecule has 0 aliphatic carbocycles. The number of methoxy groups -OCH3 is 1. The van der Waals surface area contributed by atoms with Crippen molar-refractivity contribution in [1.29, 1.82) is 0 Å². The number of guanidine groups is 1. The van der Waals surface area contributed by atoms with E-state index in [2.05, 4.69) is 39.4 Å². The minimum Gasteiger partial charge on any atom is -0.497 e. The molecular weight excluding hydrogens is 348 g/mol. The second kappa shape index (κ2) is 10.7. The monoisotopic (exact) mass is 376 g/mol. The molecule has 0 radical (unpaired) electrons. The Hall–Kier alpha value is -2.28. The van der Waals surface area contributed by atoms with Gasteiger partial charge in [0.25, 0.3) is 0 Å². The maximum atomic E-state index is 5.79. The van der Waals surface area contributed by atoms with Crippen molar-refractivity contribution in [2.45, 2.75) is 26.8 Å². The number of aryl methyl sites for hydroxylation is 1. The lowest BCUT2D eigenvalue weighted by molar-refractivity contribution is 0.281. The van der Waals surface area contributed by atoms with Gasteiger partial charge in [0, 0.05) is 19.0 Å². The molecule has 7 heteroatoms. The quantitative estimate of drug-likeness (QED) is 0.538. The summed E-state index contributed by atoms with van der Waals surface area (Å²) in [5.74, 6) is 2.51. The number of hydrogen-bond acceptors (Lipinski definition) is 5. The Balaban J connectivity index is 1.85. The first-order valence-electron chi connectivity index (χ1n) is 8.85. The fraction of sp³-hybridized carbons (Fsp3) is 0.474. The van der Waals surface area contributed by atoms with Crippen molar-refractivity contribution in [3.05, 3.63) is 40.3 Å². The van der Waals surface area contributed by atoms with Gasteiger partial charge >= 0.3 is 0 Å². The summed E-state index contributed by atoms with van der Waals surface area (Å²) >= 11 is 1.69. The van der Waals surface area contributed by atoms with E-state index in [0.29, 0.717) is 13.2 Å². The van der Waals surface area contributed by atoms with Crippen LogP contribution in [0.5, 0.6) is 11.5 Å². The minimum absolute atomic E-state index is 0.573. The second-order valence-electron chi connectivity index (χ2n) is 5.70. The summed E-state index contributed by atoms with van der Waals surface area (Å²) in [5, 5.41) is 6.55. The third kappa shape index (κ3) is 6.22. The Bertz CT molecular complexity index is 685. The van der Waals surface area contributed by atoms with Crippen molar-refractivity contribution in [2.75, 3.05) is 33.9 Å². The van der Waals surface area contributed by atoms with Crippen LogP contribution >= 0.6 is 11.3 Å². The molecule has 6 nitrogen and oxygen atoms in total. The second-order valence-corrected chi connectivity index (χ2v) is 6.64. The lowest BCUT2D eigenvalue weighted by Crippen LogP contribution is -2.40. The van der Waals surface area contributed by atoms with Gasteiger partial charge in [0.1, 0.15) is 18.1 Å². The molecule has 1 aromatic heterocycles. The molecule has 2 aromatic rings. The molecule has 0 bridgehead atoms. The molecule has 0 atom stereocenters. The average Bonchev–Trinajstić information content (AvgIpc) is 3.13. The van der Waals surface area contributed by atoms with E-state index >= 15 is 0 Å². The van der Waals surface area contributed by atoms with Crippen LogP contribution in [0.3, 0.4) is 0 Å². The SMILES string of the molecule is CCNC(=NCc1csc(CC)n1)N(C)CCOc1ccc(OC)cc1. The zero-order valence-electron chi connectivity index (χ0n) is 16.0. The van der Waals surface area contributed by atoms with E-state index in [4.69, 9.17) is 9.47 Å². The van der Waals surface area contributed by atoms with Gasteiger partial charge in [0.15, 0.2) is 5.96 Å². The molecule has 2 rings (SSSR count). The molecule has 0 unspecified atom stereocenters. The Morgan fingerprint density at radius 3 is 2.58 bits per heavy atom. The molecule has 1 N–H and O–H groups in total. The summed E-state index contributed by atoms with van der Waals surface area (Å²) in [4.78, 5) is 11.3. The number of aliphatic imine (C=N–C) groups is 1. The van der Waals surface area contributed by atoms with Gasteiger partial charge < -0.3 is 19.7 Å². The van der Waals surface area contributed by atoms with Crippen molar-refractivity contribution in [3.63, 3.8) is 0 Å². The van der Waals surface area contributed by atoms with E-state index in [1.165, 1.54) is 0 Å². The molecular formula is C19H28N4O2S. The van der Waals surface area contributed by atoms with E-state index in [1.54, 1.807) is 18.4 Å². The maximum absolute atomic E-state index is 5.79. The van der Waals surface area contributed by atoms with Crippen LogP contribution in [0, 0.1) is 0 Å².